The molecule has 1 aliphatic heterocycles. The van der Waals surface area contributed by atoms with Crippen LogP contribution in [0.1, 0.15) is 55.6 Å². The lowest BCUT2D eigenvalue weighted by Crippen LogP contribution is -2.18. The van der Waals surface area contributed by atoms with Crippen molar-refractivity contribution in [3.05, 3.63) is 17.1 Å². The molecule has 1 aromatic rings. The van der Waals surface area contributed by atoms with Crippen molar-refractivity contribution in [1.82, 2.24) is 9.97 Å². The zero-order valence-corrected chi connectivity index (χ0v) is 11.0. The molecule has 2 aliphatic rings. The fraction of sp³-hybridized carbons (Fsp3) is 0.714. The van der Waals surface area contributed by atoms with Gasteiger partial charge in [-0.3, -0.25) is 0 Å². The lowest BCUT2D eigenvalue weighted by Gasteiger charge is -2.19. The van der Waals surface area contributed by atoms with Gasteiger partial charge >= 0.3 is 0 Å². The third-order valence-electron chi connectivity index (χ3n) is 4.36. The van der Waals surface area contributed by atoms with Gasteiger partial charge in [0.15, 0.2) is 0 Å². The highest BCUT2D eigenvalue weighted by Crippen LogP contribution is 2.39. The number of hydrogen-bond acceptors (Lipinski definition) is 4. The van der Waals surface area contributed by atoms with Gasteiger partial charge in [0.25, 0.3) is 0 Å². The molecule has 0 spiro atoms. The van der Waals surface area contributed by atoms with Crippen molar-refractivity contribution in [2.75, 3.05) is 12.3 Å². The van der Waals surface area contributed by atoms with E-state index in [9.17, 15) is 0 Å². The van der Waals surface area contributed by atoms with Gasteiger partial charge in [0.2, 0.25) is 0 Å². The number of aromatic nitrogens is 2. The maximum absolute atomic E-state index is 6.05. The standard InChI is InChI=1S/C14H21N3O/c1-2-9-3-4-10(7-9)14-16-12-5-6-18-8-11(12)13(15)17-14/h9-10H,2-8H2,1H3,(H2,15,16,17). The summed E-state index contributed by atoms with van der Waals surface area (Å²) in [5.41, 5.74) is 8.17. The highest BCUT2D eigenvalue weighted by molar-refractivity contribution is 5.43. The molecule has 4 nitrogen and oxygen atoms in total. The molecule has 2 atom stereocenters. The average molecular weight is 247 g/mol. The second-order valence-corrected chi connectivity index (χ2v) is 5.48. The Kier molecular flexibility index (Phi) is 3.20. The Morgan fingerprint density at radius 3 is 3.00 bits per heavy atom. The van der Waals surface area contributed by atoms with E-state index in [1.807, 2.05) is 0 Å². The first-order chi connectivity index (χ1) is 8.78. The second kappa shape index (κ2) is 4.84. The quantitative estimate of drug-likeness (QED) is 0.872. The molecular weight excluding hydrogens is 226 g/mol. The molecule has 2 N–H and O–H groups in total. The van der Waals surface area contributed by atoms with Crippen molar-refractivity contribution in [3.63, 3.8) is 0 Å². The van der Waals surface area contributed by atoms with E-state index in [4.69, 9.17) is 15.5 Å². The summed E-state index contributed by atoms with van der Waals surface area (Å²) in [6.45, 7) is 3.60. The molecule has 0 amide bonds. The van der Waals surface area contributed by atoms with E-state index in [0.29, 0.717) is 18.3 Å². The number of fused-ring (bicyclic) bond motifs is 1. The molecule has 18 heavy (non-hydrogen) atoms. The van der Waals surface area contributed by atoms with E-state index in [-0.39, 0.29) is 0 Å². The molecule has 2 unspecified atom stereocenters. The summed E-state index contributed by atoms with van der Waals surface area (Å²) in [5, 5.41) is 0. The van der Waals surface area contributed by atoms with Crippen molar-refractivity contribution < 1.29 is 4.74 Å². The van der Waals surface area contributed by atoms with Gasteiger partial charge in [0, 0.05) is 17.9 Å². The maximum atomic E-state index is 6.05. The van der Waals surface area contributed by atoms with Crippen molar-refractivity contribution in [1.29, 1.82) is 0 Å². The molecule has 1 saturated carbocycles. The third kappa shape index (κ3) is 2.09. The van der Waals surface area contributed by atoms with Crippen molar-refractivity contribution in [3.8, 4) is 0 Å². The van der Waals surface area contributed by atoms with Crippen LogP contribution in [0, 0.1) is 5.92 Å². The largest absolute Gasteiger partial charge is 0.383 e. The second-order valence-electron chi connectivity index (χ2n) is 5.48. The van der Waals surface area contributed by atoms with E-state index >= 15 is 0 Å². The van der Waals surface area contributed by atoms with Crippen LogP contribution >= 0.6 is 0 Å². The summed E-state index contributed by atoms with van der Waals surface area (Å²) in [6.07, 6.45) is 5.90. The molecule has 0 saturated heterocycles. The molecule has 0 bridgehead atoms. The third-order valence-corrected chi connectivity index (χ3v) is 4.36. The first-order valence-corrected chi connectivity index (χ1v) is 7.00. The van der Waals surface area contributed by atoms with Crippen LogP contribution in [0.4, 0.5) is 5.82 Å². The van der Waals surface area contributed by atoms with Crippen LogP contribution < -0.4 is 5.73 Å². The van der Waals surface area contributed by atoms with Crippen LogP contribution in [0.3, 0.4) is 0 Å². The number of anilines is 1. The van der Waals surface area contributed by atoms with E-state index in [1.54, 1.807) is 0 Å². The smallest absolute Gasteiger partial charge is 0.134 e. The Hall–Kier alpha value is -1.16. The summed E-state index contributed by atoms with van der Waals surface area (Å²) >= 11 is 0. The van der Waals surface area contributed by atoms with Crippen LogP contribution in [-0.4, -0.2) is 16.6 Å². The molecule has 1 aliphatic carbocycles. The number of ether oxygens (including phenoxy) is 1. The highest BCUT2D eigenvalue weighted by Gasteiger charge is 2.28. The van der Waals surface area contributed by atoms with Gasteiger partial charge in [-0.1, -0.05) is 13.3 Å². The number of hydrogen-bond donors (Lipinski definition) is 1. The maximum Gasteiger partial charge on any atom is 0.134 e. The van der Waals surface area contributed by atoms with Crippen LogP contribution in [0.5, 0.6) is 0 Å². The van der Waals surface area contributed by atoms with E-state index in [1.165, 1.54) is 25.7 Å². The molecule has 0 aromatic carbocycles. The molecule has 1 fully saturated rings. The van der Waals surface area contributed by atoms with Crippen LogP contribution in [0.2, 0.25) is 0 Å². The number of nitrogens with zero attached hydrogens (tertiary/aromatic N) is 2. The number of rotatable bonds is 2. The van der Waals surface area contributed by atoms with E-state index in [0.717, 1.165) is 36.0 Å². The first kappa shape index (κ1) is 11.9. The van der Waals surface area contributed by atoms with Crippen molar-refractivity contribution in [2.45, 2.75) is 51.6 Å². The lowest BCUT2D eigenvalue weighted by molar-refractivity contribution is 0.109. The minimum atomic E-state index is 0.519. The predicted molar refractivity (Wildman–Crippen MR) is 70.2 cm³/mol. The molecule has 4 heteroatoms. The Morgan fingerprint density at radius 2 is 2.22 bits per heavy atom. The van der Waals surface area contributed by atoms with Gasteiger partial charge in [-0.05, 0) is 25.2 Å². The first-order valence-electron chi connectivity index (χ1n) is 7.00. The topological polar surface area (TPSA) is 61.0 Å². The fourth-order valence-electron chi connectivity index (χ4n) is 3.14. The van der Waals surface area contributed by atoms with Crippen LogP contribution in [0.15, 0.2) is 0 Å². The van der Waals surface area contributed by atoms with Crippen LogP contribution in [0.25, 0.3) is 0 Å². The Bertz CT molecular complexity index is 447. The summed E-state index contributed by atoms with van der Waals surface area (Å²) in [5.74, 6) is 2.98. The zero-order valence-electron chi connectivity index (χ0n) is 11.0. The normalized spacial score (nSPS) is 27.2. The number of nitrogens with two attached hydrogens (primary N) is 1. The summed E-state index contributed by atoms with van der Waals surface area (Å²) < 4.78 is 5.42. The van der Waals surface area contributed by atoms with Gasteiger partial charge in [0.1, 0.15) is 11.6 Å². The number of nitrogen functional groups attached to an aromatic ring is 1. The average Bonchev–Trinajstić information content (AvgIpc) is 2.87. The summed E-state index contributed by atoms with van der Waals surface area (Å²) in [7, 11) is 0. The molecule has 98 valence electrons. The zero-order chi connectivity index (χ0) is 12.5. The molecular formula is C14H21N3O. The van der Waals surface area contributed by atoms with E-state index < -0.39 is 0 Å². The lowest BCUT2D eigenvalue weighted by atomic mass is 10.0. The Balaban J connectivity index is 1.87. The highest BCUT2D eigenvalue weighted by atomic mass is 16.5. The van der Waals surface area contributed by atoms with Gasteiger partial charge < -0.3 is 10.5 Å². The van der Waals surface area contributed by atoms with Gasteiger partial charge in [-0.2, -0.15) is 0 Å². The predicted octanol–water partition coefficient (Wildman–Crippen LogP) is 2.43. The molecule has 0 radical (unpaired) electrons. The summed E-state index contributed by atoms with van der Waals surface area (Å²) in [6, 6.07) is 0. The van der Waals surface area contributed by atoms with Crippen molar-refractivity contribution >= 4 is 5.82 Å². The molecule has 2 heterocycles. The minimum absolute atomic E-state index is 0.519. The van der Waals surface area contributed by atoms with Crippen LogP contribution in [-0.2, 0) is 17.8 Å². The minimum Gasteiger partial charge on any atom is -0.383 e. The summed E-state index contributed by atoms with van der Waals surface area (Å²) in [4.78, 5) is 9.28. The Morgan fingerprint density at radius 1 is 1.33 bits per heavy atom. The van der Waals surface area contributed by atoms with E-state index in [2.05, 4.69) is 11.9 Å². The fourth-order valence-corrected chi connectivity index (χ4v) is 3.14. The van der Waals surface area contributed by atoms with Crippen molar-refractivity contribution in [2.24, 2.45) is 5.92 Å². The van der Waals surface area contributed by atoms with Gasteiger partial charge in [-0.25, -0.2) is 9.97 Å². The Labute approximate surface area is 108 Å². The van der Waals surface area contributed by atoms with Gasteiger partial charge in [0.05, 0.1) is 18.9 Å². The SMILES string of the molecule is CCC1CCC(c2nc(N)c3c(n2)CCOC3)C1. The molecule has 1 aromatic heterocycles. The molecule has 3 rings (SSSR count). The monoisotopic (exact) mass is 247 g/mol. The van der Waals surface area contributed by atoms with Gasteiger partial charge in [-0.15, -0.1) is 0 Å².